The molecule has 21 heavy (non-hydrogen) atoms. The van der Waals surface area contributed by atoms with Gasteiger partial charge in [-0.2, -0.15) is 0 Å². The van der Waals surface area contributed by atoms with Crippen LogP contribution in [0.1, 0.15) is 44.5 Å². The van der Waals surface area contributed by atoms with Crippen LogP contribution in [0.3, 0.4) is 0 Å². The van der Waals surface area contributed by atoms with Gasteiger partial charge in [0.2, 0.25) is 0 Å². The molecule has 118 valence electrons. The maximum absolute atomic E-state index is 4.66. The number of nitrogens with zero attached hydrogens (tertiary/aromatic N) is 3. The van der Waals surface area contributed by atoms with E-state index in [1.54, 1.807) is 0 Å². The third-order valence-corrected chi connectivity index (χ3v) is 4.23. The van der Waals surface area contributed by atoms with E-state index >= 15 is 0 Å². The molecule has 2 heterocycles. The Morgan fingerprint density at radius 3 is 2.48 bits per heavy atom. The number of rotatable bonds is 7. The van der Waals surface area contributed by atoms with Crippen molar-refractivity contribution in [2.24, 2.45) is 0 Å². The van der Waals surface area contributed by atoms with Crippen LogP contribution in [0.5, 0.6) is 0 Å². The molecule has 2 rings (SSSR count). The lowest BCUT2D eigenvalue weighted by Gasteiger charge is -2.21. The van der Waals surface area contributed by atoms with Crippen molar-refractivity contribution in [3.63, 3.8) is 0 Å². The molecule has 1 aliphatic heterocycles. The van der Waals surface area contributed by atoms with Crippen LogP contribution in [-0.2, 0) is 6.42 Å². The van der Waals surface area contributed by atoms with Crippen LogP contribution >= 0.6 is 0 Å². The number of aromatic nitrogens is 2. The molecule has 0 aliphatic carbocycles. The molecule has 0 bridgehead atoms. The van der Waals surface area contributed by atoms with Gasteiger partial charge in [-0.25, -0.2) is 9.97 Å². The minimum Gasteiger partial charge on any atom is -0.370 e. The summed E-state index contributed by atoms with van der Waals surface area (Å²) in [5.74, 6) is 2.87. The lowest BCUT2D eigenvalue weighted by atomic mass is 10.2. The SMILES string of the molecule is CCCNc1nc(CC)nc(NCC2CCCN2C)c1C. The zero-order chi connectivity index (χ0) is 15.2. The van der Waals surface area contributed by atoms with E-state index < -0.39 is 0 Å². The highest BCUT2D eigenvalue weighted by atomic mass is 15.2. The maximum Gasteiger partial charge on any atom is 0.134 e. The van der Waals surface area contributed by atoms with Crippen molar-refractivity contribution in [3.05, 3.63) is 11.4 Å². The maximum atomic E-state index is 4.66. The number of anilines is 2. The summed E-state index contributed by atoms with van der Waals surface area (Å²) >= 11 is 0. The smallest absolute Gasteiger partial charge is 0.134 e. The molecule has 1 aliphatic rings. The van der Waals surface area contributed by atoms with Gasteiger partial charge in [0.05, 0.1) is 0 Å². The Morgan fingerprint density at radius 1 is 1.19 bits per heavy atom. The fourth-order valence-corrected chi connectivity index (χ4v) is 2.76. The highest BCUT2D eigenvalue weighted by Crippen LogP contribution is 2.22. The molecule has 0 radical (unpaired) electrons. The molecule has 1 unspecified atom stereocenters. The molecule has 5 nitrogen and oxygen atoms in total. The van der Waals surface area contributed by atoms with Gasteiger partial charge in [0.1, 0.15) is 17.5 Å². The van der Waals surface area contributed by atoms with Crippen molar-refractivity contribution in [3.8, 4) is 0 Å². The number of nitrogens with one attached hydrogen (secondary N) is 2. The normalized spacial score (nSPS) is 19.0. The monoisotopic (exact) mass is 291 g/mol. The largest absolute Gasteiger partial charge is 0.370 e. The summed E-state index contributed by atoms with van der Waals surface area (Å²) in [7, 11) is 2.21. The first-order chi connectivity index (χ1) is 10.2. The molecule has 1 atom stereocenters. The van der Waals surface area contributed by atoms with Gasteiger partial charge < -0.3 is 15.5 Å². The van der Waals surface area contributed by atoms with E-state index in [1.165, 1.54) is 19.4 Å². The molecule has 0 aromatic carbocycles. The second kappa shape index (κ2) is 7.59. The minimum atomic E-state index is 0.622. The van der Waals surface area contributed by atoms with Crippen molar-refractivity contribution < 1.29 is 0 Å². The summed E-state index contributed by atoms with van der Waals surface area (Å²) in [6.07, 6.45) is 4.53. The molecule has 0 saturated carbocycles. The summed E-state index contributed by atoms with van der Waals surface area (Å²) in [6, 6.07) is 0.622. The Hall–Kier alpha value is -1.36. The first kappa shape index (κ1) is 16.0. The second-order valence-electron chi connectivity index (χ2n) is 5.90. The molecule has 2 N–H and O–H groups in total. The Labute approximate surface area is 128 Å². The first-order valence-electron chi connectivity index (χ1n) is 8.21. The van der Waals surface area contributed by atoms with E-state index in [2.05, 4.69) is 53.3 Å². The van der Waals surface area contributed by atoms with Crippen molar-refractivity contribution in [2.75, 3.05) is 37.3 Å². The molecular formula is C16H29N5. The van der Waals surface area contributed by atoms with Gasteiger partial charge in [-0.3, -0.25) is 0 Å². The summed E-state index contributed by atoms with van der Waals surface area (Å²) in [6.45, 7) is 9.48. The summed E-state index contributed by atoms with van der Waals surface area (Å²) in [5.41, 5.74) is 1.13. The third-order valence-electron chi connectivity index (χ3n) is 4.23. The number of hydrogen-bond donors (Lipinski definition) is 2. The zero-order valence-corrected chi connectivity index (χ0v) is 13.9. The highest BCUT2D eigenvalue weighted by molar-refractivity contribution is 5.57. The summed E-state index contributed by atoms with van der Waals surface area (Å²) < 4.78 is 0. The molecule has 5 heteroatoms. The fraction of sp³-hybridized carbons (Fsp3) is 0.750. The number of aryl methyl sites for hydroxylation is 1. The van der Waals surface area contributed by atoms with Crippen LogP contribution in [0.25, 0.3) is 0 Å². The van der Waals surface area contributed by atoms with E-state index in [4.69, 9.17) is 0 Å². The lowest BCUT2D eigenvalue weighted by molar-refractivity contribution is 0.322. The average Bonchev–Trinajstić information content (AvgIpc) is 2.90. The van der Waals surface area contributed by atoms with E-state index in [-0.39, 0.29) is 0 Å². The third kappa shape index (κ3) is 4.06. The molecule has 0 spiro atoms. The van der Waals surface area contributed by atoms with Crippen molar-refractivity contribution >= 4 is 11.6 Å². The Balaban J connectivity index is 2.09. The van der Waals surface area contributed by atoms with Crippen molar-refractivity contribution in [2.45, 2.75) is 52.5 Å². The molecule has 1 saturated heterocycles. The Bertz CT molecular complexity index is 460. The van der Waals surface area contributed by atoms with Crippen LogP contribution in [0.2, 0.25) is 0 Å². The van der Waals surface area contributed by atoms with Gasteiger partial charge in [-0.05, 0) is 39.8 Å². The lowest BCUT2D eigenvalue weighted by Crippen LogP contribution is -2.32. The molecule has 0 amide bonds. The van der Waals surface area contributed by atoms with E-state index in [1.807, 2.05) is 0 Å². The standard InChI is InChI=1S/C16H29N5/c1-5-9-17-15-12(3)16(20-14(6-2)19-15)18-11-13-8-7-10-21(13)4/h13H,5-11H2,1-4H3,(H2,17,18,19,20). The van der Waals surface area contributed by atoms with Crippen LogP contribution in [0, 0.1) is 6.92 Å². The molecular weight excluding hydrogens is 262 g/mol. The van der Waals surface area contributed by atoms with Gasteiger partial charge in [-0.15, -0.1) is 0 Å². The number of hydrogen-bond acceptors (Lipinski definition) is 5. The van der Waals surface area contributed by atoms with Gasteiger partial charge in [-0.1, -0.05) is 13.8 Å². The second-order valence-corrected chi connectivity index (χ2v) is 5.90. The quantitative estimate of drug-likeness (QED) is 0.809. The average molecular weight is 291 g/mol. The Morgan fingerprint density at radius 2 is 1.90 bits per heavy atom. The van der Waals surface area contributed by atoms with E-state index in [0.717, 1.165) is 49.0 Å². The van der Waals surface area contributed by atoms with Crippen LogP contribution < -0.4 is 10.6 Å². The van der Waals surface area contributed by atoms with Gasteiger partial charge in [0, 0.05) is 31.1 Å². The van der Waals surface area contributed by atoms with Crippen LogP contribution in [-0.4, -0.2) is 47.6 Å². The predicted molar refractivity (Wildman–Crippen MR) is 89.1 cm³/mol. The fourth-order valence-electron chi connectivity index (χ4n) is 2.76. The molecule has 1 aromatic rings. The van der Waals surface area contributed by atoms with Crippen molar-refractivity contribution in [1.82, 2.24) is 14.9 Å². The number of likely N-dealkylation sites (tertiary alicyclic amines) is 1. The Kier molecular flexibility index (Phi) is 5.79. The number of likely N-dealkylation sites (N-methyl/N-ethyl adjacent to an activating group) is 1. The summed E-state index contributed by atoms with van der Waals surface area (Å²) in [5, 5.41) is 6.96. The van der Waals surface area contributed by atoms with E-state index in [0.29, 0.717) is 6.04 Å². The zero-order valence-electron chi connectivity index (χ0n) is 13.9. The minimum absolute atomic E-state index is 0.622. The first-order valence-corrected chi connectivity index (χ1v) is 8.21. The molecule has 1 aromatic heterocycles. The van der Waals surface area contributed by atoms with Crippen molar-refractivity contribution in [1.29, 1.82) is 0 Å². The van der Waals surface area contributed by atoms with Gasteiger partial charge in [0.15, 0.2) is 0 Å². The van der Waals surface area contributed by atoms with Crippen LogP contribution in [0.15, 0.2) is 0 Å². The molecule has 1 fully saturated rings. The topological polar surface area (TPSA) is 53.1 Å². The summed E-state index contributed by atoms with van der Waals surface area (Å²) in [4.78, 5) is 11.7. The van der Waals surface area contributed by atoms with Gasteiger partial charge in [0.25, 0.3) is 0 Å². The van der Waals surface area contributed by atoms with Crippen LogP contribution in [0.4, 0.5) is 11.6 Å². The van der Waals surface area contributed by atoms with E-state index in [9.17, 15) is 0 Å². The predicted octanol–water partition coefficient (Wildman–Crippen LogP) is 2.68. The highest BCUT2D eigenvalue weighted by Gasteiger charge is 2.21. The van der Waals surface area contributed by atoms with Gasteiger partial charge >= 0.3 is 0 Å².